The normalized spacial score (nSPS) is 12.2. The van der Waals surface area contributed by atoms with Crippen molar-refractivity contribution in [3.63, 3.8) is 0 Å². The van der Waals surface area contributed by atoms with E-state index in [1.165, 1.54) is 11.1 Å². The van der Waals surface area contributed by atoms with Gasteiger partial charge in [-0.1, -0.05) is 32.4 Å². The van der Waals surface area contributed by atoms with Gasteiger partial charge in [0.25, 0.3) is 5.91 Å². The molecule has 134 valence electrons. The van der Waals surface area contributed by atoms with E-state index in [4.69, 9.17) is 16.7 Å². The average Bonchev–Trinajstić information content (AvgIpc) is 2.99. The number of aliphatic carboxylic acids is 1. The van der Waals surface area contributed by atoms with Gasteiger partial charge in [-0.2, -0.15) is 5.10 Å². The van der Waals surface area contributed by atoms with Gasteiger partial charge in [0.15, 0.2) is 0 Å². The molecule has 1 amide bonds. The third kappa shape index (κ3) is 4.20. The molecule has 1 heterocycles. The number of hydrogen-bond donors (Lipinski definition) is 1. The van der Waals surface area contributed by atoms with E-state index >= 15 is 0 Å². The molecule has 0 radical (unpaired) electrons. The van der Waals surface area contributed by atoms with E-state index in [0.717, 1.165) is 11.4 Å². The lowest BCUT2D eigenvalue weighted by Gasteiger charge is -2.20. The van der Waals surface area contributed by atoms with Crippen molar-refractivity contribution in [3.8, 4) is 5.69 Å². The zero-order chi connectivity index (χ0) is 18.7. The van der Waals surface area contributed by atoms with Crippen LogP contribution in [0.1, 0.15) is 42.7 Å². The lowest BCUT2D eigenvalue weighted by Crippen LogP contribution is -2.34. The highest BCUT2D eigenvalue weighted by Gasteiger charge is 2.25. The Balaban J connectivity index is 2.37. The molecule has 0 fully saturated rings. The molecule has 0 aliphatic carbocycles. The first-order valence-corrected chi connectivity index (χ1v) is 8.42. The van der Waals surface area contributed by atoms with Gasteiger partial charge >= 0.3 is 5.97 Å². The SMILES string of the molecule is CC(CN(C)C(=O)c1cnn(-c2ccc(Cl)cc2)c1C(C)C)C(=O)O. The lowest BCUT2D eigenvalue weighted by molar-refractivity contribution is -0.141. The van der Waals surface area contributed by atoms with Crippen molar-refractivity contribution in [1.29, 1.82) is 0 Å². The molecule has 0 saturated carbocycles. The summed E-state index contributed by atoms with van der Waals surface area (Å²) in [6, 6.07) is 7.22. The number of nitrogens with zero attached hydrogens (tertiary/aromatic N) is 3. The zero-order valence-electron chi connectivity index (χ0n) is 14.7. The number of hydrogen-bond acceptors (Lipinski definition) is 3. The third-order valence-corrected chi connectivity index (χ3v) is 4.22. The Hall–Kier alpha value is -2.34. The second-order valence-electron chi connectivity index (χ2n) is 6.41. The maximum absolute atomic E-state index is 12.8. The average molecular weight is 364 g/mol. The molecule has 1 aromatic heterocycles. The summed E-state index contributed by atoms with van der Waals surface area (Å²) in [6.45, 7) is 5.69. The van der Waals surface area contributed by atoms with Gasteiger partial charge in [-0.15, -0.1) is 0 Å². The first kappa shape index (κ1) is 19.0. The number of halogens is 1. The molecule has 0 aliphatic rings. The van der Waals surface area contributed by atoms with Crippen LogP contribution in [0.3, 0.4) is 0 Å². The van der Waals surface area contributed by atoms with Crippen LogP contribution in [0, 0.1) is 5.92 Å². The minimum absolute atomic E-state index is 0.0578. The smallest absolute Gasteiger partial charge is 0.308 e. The molecule has 0 spiro atoms. The second kappa shape index (κ2) is 7.70. The van der Waals surface area contributed by atoms with Crippen LogP contribution in [0.2, 0.25) is 5.02 Å². The van der Waals surface area contributed by atoms with Crippen molar-refractivity contribution in [3.05, 3.63) is 46.7 Å². The van der Waals surface area contributed by atoms with Crippen LogP contribution in [0.4, 0.5) is 0 Å². The molecule has 0 saturated heterocycles. The third-order valence-electron chi connectivity index (χ3n) is 3.97. The highest BCUT2D eigenvalue weighted by Crippen LogP contribution is 2.25. The predicted molar refractivity (Wildman–Crippen MR) is 96.4 cm³/mol. The van der Waals surface area contributed by atoms with Crippen LogP contribution in [0.25, 0.3) is 5.69 Å². The van der Waals surface area contributed by atoms with Crippen molar-refractivity contribution in [2.24, 2.45) is 5.92 Å². The van der Waals surface area contributed by atoms with Gasteiger partial charge in [-0.3, -0.25) is 9.59 Å². The second-order valence-corrected chi connectivity index (χ2v) is 6.85. The fraction of sp³-hybridized carbons (Fsp3) is 0.389. The van der Waals surface area contributed by atoms with Gasteiger partial charge in [0.1, 0.15) is 0 Å². The van der Waals surface area contributed by atoms with Gasteiger partial charge in [-0.25, -0.2) is 4.68 Å². The Morgan fingerprint density at radius 1 is 1.24 bits per heavy atom. The molecule has 6 nitrogen and oxygen atoms in total. The van der Waals surface area contributed by atoms with Crippen molar-refractivity contribution in [1.82, 2.24) is 14.7 Å². The topological polar surface area (TPSA) is 75.4 Å². The molecule has 2 rings (SSSR count). The molecule has 1 N–H and O–H groups in total. The Kier molecular flexibility index (Phi) is 5.85. The van der Waals surface area contributed by atoms with Gasteiger partial charge < -0.3 is 10.0 Å². The van der Waals surface area contributed by atoms with E-state index < -0.39 is 11.9 Å². The Labute approximate surface area is 152 Å². The van der Waals surface area contributed by atoms with E-state index in [2.05, 4.69) is 5.10 Å². The Morgan fingerprint density at radius 2 is 1.84 bits per heavy atom. The number of carbonyl (C=O) groups excluding carboxylic acids is 1. The van der Waals surface area contributed by atoms with Crippen molar-refractivity contribution in [2.75, 3.05) is 13.6 Å². The summed E-state index contributed by atoms with van der Waals surface area (Å²) >= 11 is 5.93. The first-order valence-electron chi connectivity index (χ1n) is 8.04. The summed E-state index contributed by atoms with van der Waals surface area (Å²) in [7, 11) is 1.60. The minimum Gasteiger partial charge on any atom is -0.481 e. The monoisotopic (exact) mass is 363 g/mol. The maximum atomic E-state index is 12.8. The summed E-state index contributed by atoms with van der Waals surface area (Å²) < 4.78 is 1.72. The van der Waals surface area contributed by atoms with Crippen LogP contribution in [0.15, 0.2) is 30.5 Å². The zero-order valence-corrected chi connectivity index (χ0v) is 15.5. The Morgan fingerprint density at radius 3 is 2.36 bits per heavy atom. The summed E-state index contributed by atoms with van der Waals surface area (Å²) in [4.78, 5) is 25.2. The number of carboxylic acids is 1. The predicted octanol–water partition coefficient (Wildman–Crippen LogP) is 3.44. The molecule has 0 aliphatic heterocycles. The van der Waals surface area contributed by atoms with Crippen molar-refractivity contribution < 1.29 is 14.7 Å². The summed E-state index contributed by atoms with van der Waals surface area (Å²) in [5, 5.41) is 14.0. The molecule has 7 heteroatoms. The van der Waals surface area contributed by atoms with Gasteiger partial charge in [0, 0.05) is 18.6 Å². The van der Waals surface area contributed by atoms with E-state index in [-0.39, 0.29) is 18.4 Å². The van der Waals surface area contributed by atoms with Crippen LogP contribution in [-0.2, 0) is 4.79 Å². The van der Waals surface area contributed by atoms with E-state index in [1.807, 2.05) is 26.0 Å². The van der Waals surface area contributed by atoms with Crippen LogP contribution in [0.5, 0.6) is 0 Å². The van der Waals surface area contributed by atoms with Gasteiger partial charge in [0.2, 0.25) is 0 Å². The van der Waals surface area contributed by atoms with E-state index in [9.17, 15) is 9.59 Å². The fourth-order valence-corrected chi connectivity index (χ4v) is 2.77. The number of benzene rings is 1. The molecule has 1 atom stereocenters. The summed E-state index contributed by atoms with van der Waals surface area (Å²) in [5.74, 6) is -1.75. The summed E-state index contributed by atoms with van der Waals surface area (Å²) in [6.07, 6.45) is 1.54. The van der Waals surface area contributed by atoms with Crippen LogP contribution < -0.4 is 0 Å². The Bertz CT molecular complexity index is 768. The molecular formula is C18H22ClN3O3. The number of carboxylic acid groups (broad SMARTS) is 1. The maximum Gasteiger partial charge on any atom is 0.308 e. The summed E-state index contributed by atoms with van der Waals surface area (Å²) in [5.41, 5.74) is 2.07. The highest BCUT2D eigenvalue weighted by molar-refractivity contribution is 6.30. The van der Waals surface area contributed by atoms with E-state index in [1.54, 1.807) is 30.8 Å². The highest BCUT2D eigenvalue weighted by atomic mass is 35.5. The molecule has 2 aromatic rings. The lowest BCUT2D eigenvalue weighted by atomic mass is 10.0. The number of aromatic nitrogens is 2. The molecule has 1 unspecified atom stereocenters. The standard InChI is InChI=1S/C18H22ClN3O3/c1-11(2)16-15(17(23)21(4)10-12(3)18(24)25)9-20-22(16)14-7-5-13(19)6-8-14/h5-9,11-12H,10H2,1-4H3,(H,24,25). The first-order chi connectivity index (χ1) is 11.7. The molecular weight excluding hydrogens is 342 g/mol. The quantitative estimate of drug-likeness (QED) is 0.853. The molecule has 1 aromatic carbocycles. The van der Waals surface area contributed by atoms with Gasteiger partial charge in [0.05, 0.1) is 29.1 Å². The number of amides is 1. The van der Waals surface area contributed by atoms with Crippen molar-refractivity contribution >= 4 is 23.5 Å². The van der Waals surface area contributed by atoms with Crippen LogP contribution >= 0.6 is 11.6 Å². The van der Waals surface area contributed by atoms with Gasteiger partial charge in [-0.05, 0) is 30.2 Å². The van der Waals surface area contributed by atoms with E-state index in [0.29, 0.717) is 10.6 Å². The van der Waals surface area contributed by atoms with Crippen LogP contribution in [-0.4, -0.2) is 45.3 Å². The number of rotatable bonds is 6. The molecule has 25 heavy (non-hydrogen) atoms. The fourth-order valence-electron chi connectivity index (χ4n) is 2.64. The molecule has 0 bridgehead atoms. The van der Waals surface area contributed by atoms with Crippen molar-refractivity contribution in [2.45, 2.75) is 26.7 Å². The minimum atomic E-state index is -0.930. The largest absolute Gasteiger partial charge is 0.481 e. The number of carbonyl (C=O) groups is 2.